The van der Waals surface area contributed by atoms with Crippen LogP contribution < -0.4 is 5.56 Å². The largest absolute Gasteiger partial charge is 0.502 e. The third-order valence-electron chi connectivity index (χ3n) is 5.12. The number of hydrogen-bond donors (Lipinski definition) is 1. The van der Waals surface area contributed by atoms with E-state index in [0.29, 0.717) is 23.2 Å². The van der Waals surface area contributed by atoms with Gasteiger partial charge in [-0.2, -0.15) is 9.78 Å². The lowest BCUT2D eigenvalue weighted by Crippen LogP contribution is -2.22. The van der Waals surface area contributed by atoms with E-state index < -0.39 is 16.4 Å². The molecule has 8 nitrogen and oxygen atoms in total. The van der Waals surface area contributed by atoms with Crippen molar-refractivity contribution in [2.75, 3.05) is 0 Å². The van der Waals surface area contributed by atoms with Crippen LogP contribution in [0.1, 0.15) is 47.2 Å². The number of aromatic hydroxyl groups is 1. The molecule has 29 heavy (non-hydrogen) atoms. The fraction of sp³-hybridized carbons (Fsp3) is 0.350. The van der Waals surface area contributed by atoms with E-state index in [4.69, 9.17) is 0 Å². The molecule has 0 radical (unpaired) electrons. The van der Waals surface area contributed by atoms with Crippen LogP contribution in [0.15, 0.2) is 22.0 Å². The molecule has 0 fully saturated rings. The molecule has 0 saturated heterocycles. The molecule has 9 heteroatoms. The van der Waals surface area contributed by atoms with Crippen LogP contribution in [0.2, 0.25) is 0 Å². The number of nitro benzene ring substituents is 1. The number of phenols is 1. The zero-order valence-corrected chi connectivity index (χ0v) is 17.0. The molecule has 4 rings (SSSR count). The van der Waals surface area contributed by atoms with Gasteiger partial charge in [-0.15, -0.1) is 11.3 Å². The van der Waals surface area contributed by atoms with Crippen molar-refractivity contribution in [3.63, 3.8) is 0 Å². The molecular formula is C20H20N4O4S. The Bertz CT molecular complexity index is 1230. The van der Waals surface area contributed by atoms with Crippen molar-refractivity contribution in [3.05, 3.63) is 60.0 Å². The number of rotatable bonds is 4. The summed E-state index contributed by atoms with van der Waals surface area (Å²) in [5.74, 6) is 0.0383. The Labute approximate surface area is 170 Å². The van der Waals surface area contributed by atoms with Gasteiger partial charge in [-0.3, -0.25) is 14.9 Å². The lowest BCUT2D eigenvalue weighted by atomic mass is 9.97. The highest BCUT2D eigenvalue weighted by atomic mass is 32.1. The summed E-state index contributed by atoms with van der Waals surface area (Å²) >= 11 is 1.58. The topological polar surface area (TPSA) is 111 Å². The predicted molar refractivity (Wildman–Crippen MR) is 112 cm³/mol. The third-order valence-corrected chi connectivity index (χ3v) is 6.31. The van der Waals surface area contributed by atoms with Crippen LogP contribution >= 0.6 is 11.3 Å². The lowest BCUT2D eigenvalue weighted by molar-refractivity contribution is -0.385. The second kappa shape index (κ2) is 7.40. The van der Waals surface area contributed by atoms with E-state index in [1.807, 2.05) is 6.92 Å². The SMILES string of the molecule is CCc1nc2sc3c(c2c(=O)n1N=Cc1cc(C)cc([N+](=O)[O-])c1O)CCCC3. The molecule has 0 saturated carbocycles. The first-order valence-corrected chi connectivity index (χ1v) is 10.3. The van der Waals surface area contributed by atoms with Gasteiger partial charge >= 0.3 is 5.69 Å². The van der Waals surface area contributed by atoms with E-state index in [1.165, 1.54) is 21.8 Å². The first-order chi connectivity index (χ1) is 13.9. The summed E-state index contributed by atoms with van der Waals surface area (Å²) in [6.07, 6.45) is 5.80. The molecule has 150 valence electrons. The number of fused-ring (bicyclic) bond motifs is 3. The molecule has 1 aromatic carbocycles. The maximum atomic E-state index is 13.2. The van der Waals surface area contributed by atoms with E-state index in [1.54, 1.807) is 24.3 Å². The summed E-state index contributed by atoms with van der Waals surface area (Å²) in [6.45, 7) is 3.58. The van der Waals surface area contributed by atoms with Gasteiger partial charge in [0, 0.05) is 22.9 Å². The van der Waals surface area contributed by atoms with Crippen molar-refractivity contribution in [2.45, 2.75) is 46.0 Å². The highest BCUT2D eigenvalue weighted by Crippen LogP contribution is 2.34. The van der Waals surface area contributed by atoms with E-state index in [9.17, 15) is 20.0 Å². The van der Waals surface area contributed by atoms with Gasteiger partial charge in [0.15, 0.2) is 0 Å². The van der Waals surface area contributed by atoms with Gasteiger partial charge in [-0.1, -0.05) is 6.92 Å². The van der Waals surface area contributed by atoms with E-state index in [2.05, 4.69) is 10.1 Å². The third kappa shape index (κ3) is 3.31. The fourth-order valence-electron chi connectivity index (χ4n) is 3.73. The van der Waals surface area contributed by atoms with Crippen LogP contribution in [0.25, 0.3) is 10.2 Å². The highest BCUT2D eigenvalue weighted by molar-refractivity contribution is 7.18. The fourth-order valence-corrected chi connectivity index (χ4v) is 5.00. The van der Waals surface area contributed by atoms with Gasteiger partial charge < -0.3 is 5.11 Å². The Morgan fingerprint density at radius 3 is 2.86 bits per heavy atom. The summed E-state index contributed by atoms with van der Waals surface area (Å²) in [4.78, 5) is 30.4. The van der Waals surface area contributed by atoms with Crippen LogP contribution in [0.3, 0.4) is 0 Å². The standard InChI is InChI=1S/C20H20N4O4S/c1-3-16-22-19-17(13-6-4-5-7-15(13)29-19)20(26)23(16)21-10-12-8-11(2)9-14(18(12)25)24(27)28/h8-10,25H,3-7H2,1-2H3. The maximum Gasteiger partial charge on any atom is 0.311 e. The van der Waals surface area contributed by atoms with E-state index >= 15 is 0 Å². The maximum absolute atomic E-state index is 13.2. The summed E-state index contributed by atoms with van der Waals surface area (Å²) in [7, 11) is 0. The number of hydrogen-bond acceptors (Lipinski definition) is 7. The minimum Gasteiger partial charge on any atom is -0.502 e. The van der Waals surface area contributed by atoms with Crippen molar-refractivity contribution >= 4 is 33.5 Å². The first-order valence-electron chi connectivity index (χ1n) is 9.49. The van der Waals surface area contributed by atoms with Crippen LogP contribution in [-0.2, 0) is 19.3 Å². The Balaban J connectivity index is 1.88. The first kappa shape index (κ1) is 19.3. The summed E-state index contributed by atoms with van der Waals surface area (Å²) < 4.78 is 1.25. The molecule has 0 amide bonds. The Morgan fingerprint density at radius 2 is 2.14 bits per heavy atom. The number of aromatic nitrogens is 2. The van der Waals surface area contributed by atoms with Crippen molar-refractivity contribution in [2.24, 2.45) is 5.10 Å². The van der Waals surface area contributed by atoms with Gasteiger partial charge in [0.2, 0.25) is 5.75 Å². The highest BCUT2D eigenvalue weighted by Gasteiger charge is 2.22. The predicted octanol–water partition coefficient (Wildman–Crippen LogP) is 3.70. The van der Waals surface area contributed by atoms with Gasteiger partial charge in [0.05, 0.1) is 16.5 Å². The normalized spacial score (nSPS) is 13.9. The number of thiophene rings is 1. The van der Waals surface area contributed by atoms with E-state index in [-0.39, 0.29) is 11.1 Å². The van der Waals surface area contributed by atoms with Gasteiger partial charge in [-0.25, -0.2) is 4.98 Å². The van der Waals surface area contributed by atoms with Crippen LogP contribution in [0, 0.1) is 17.0 Å². The smallest absolute Gasteiger partial charge is 0.311 e. The van der Waals surface area contributed by atoms with Gasteiger partial charge in [0.1, 0.15) is 10.7 Å². The molecule has 0 unspecified atom stereocenters. The monoisotopic (exact) mass is 412 g/mol. The average molecular weight is 412 g/mol. The number of phenolic OH excluding ortho intramolecular Hbond substituents is 1. The number of aryl methyl sites for hydroxylation is 4. The van der Waals surface area contributed by atoms with Gasteiger partial charge in [-0.05, 0) is 49.8 Å². The Kier molecular flexibility index (Phi) is 4.91. The summed E-state index contributed by atoms with van der Waals surface area (Å²) in [5, 5.41) is 26.3. The molecule has 0 bridgehead atoms. The van der Waals surface area contributed by atoms with Crippen molar-refractivity contribution in [1.29, 1.82) is 0 Å². The quantitative estimate of drug-likeness (QED) is 0.399. The van der Waals surface area contributed by atoms with Crippen LogP contribution in [0.5, 0.6) is 5.75 Å². The van der Waals surface area contributed by atoms with Crippen molar-refractivity contribution < 1.29 is 10.0 Å². The summed E-state index contributed by atoms with van der Waals surface area (Å²) in [5.41, 5.74) is 1.24. The van der Waals surface area contributed by atoms with Crippen LogP contribution in [-0.4, -0.2) is 25.9 Å². The van der Waals surface area contributed by atoms with Gasteiger partial charge in [0.25, 0.3) is 5.56 Å². The van der Waals surface area contributed by atoms with Crippen LogP contribution in [0.4, 0.5) is 5.69 Å². The number of nitro groups is 1. The second-order valence-corrected chi connectivity index (χ2v) is 8.20. The molecule has 2 aromatic heterocycles. The lowest BCUT2D eigenvalue weighted by Gasteiger charge is -2.10. The minimum atomic E-state index is -0.644. The molecule has 1 N–H and O–H groups in total. The minimum absolute atomic E-state index is 0.179. The Hall–Kier alpha value is -3.07. The van der Waals surface area contributed by atoms with E-state index in [0.717, 1.165) is 36.1 Å². The van der Waals surface area contributed by atoms with Crippen molar-refractivity contribution in [3.8, 4) is 5.75 Å². The number of nitrogens with zero attached hydrogens (tertiary/aromatic N) is 4. The molecule has 2 heterocycles. The molecule has 0 atom stereocenters. The molecule has 0 spiro atoms. The molecular weight excluding hydrogens is 392 g/mol. The molecule has 3 aromatic rings. The molecule has 1 aliphatic rings. The number of benzene rings is 1. The Morgan fingerprint density at radius 1 is 1.38 bits per heavy atom. The zero-order chi connectivity index (χ0) is 20.7. The second-order valence-electron chi connectivity index (χ2n) is 7.11. The zero-order valence-electron chi connectivity index (χ0n) is 16.1. The average Bonchev–Trinajstić information content (AvgIpc) is 3.07. The van der Waals surface area contributed by atoms with Crippen molar-refractivity contribution in [1.82, 2.24) is 9.66 Å². The molecule has 0 aliphatic heterocycles. The molecule has 1 aliphatic carbocycles. The summed E-state index contributed by atoms with van der Waals surface area (Å²) in [6, 6.07) is 2.88.